The quantitative estimate of drug-likeness (QED) is 0.850. The third-order valence-electron chi connectivity index (χ3n) is 4.59. The van der Waals surface area contributed by atoms with Crippen molar-refractivity contribution in [2.24, 2.45) is 0 Å². The molecule has 0 aromatic heterocycles. The number of nitrogens with one attached hydrogen (secondary N) is 1. The van der Waals surface area contributed by atoms with Gasteiger partial charge >= 0.3 is 0 Å². The SMILES string of the molecule is CSC1(CNC(C)c2ccc(N(C)C)cc2)CCCC1. The number of hydrogen-bond donors (Lipinski definition) is 1. The van der Waals surface area contributed by atoms with Crippen LogP contribution in [0.1, 0.15) is 44.2 Å². The van der Waals surface area contributed by atoms with E-state index < -0.39 is 0 Å². The van der Waals surface area contributed by atoms with Crippen LogP contribution in [0.3, 0.4) is 0 Å². The van der Waals surface area contributed by atoms with Crippen molar-refractivity contribution in [2.45, 2.75) is 43.4 Å². The first-order valence-corrected chi connectivity index (χ1v) is 8.85. The Morgan fingerprint density at radius 2 is 1.80 bits per heavy atom. The van der Waals surface area contributed by atoms with Gasteiger partial charge in [0.15, 0.2) is 0 Å². The third kappa shape index (κ3) is 3.70. The van der Waals surface area contributed by atoms with Crippen molar-refractivity contribution < 1.29 is 0 Å². The summed E-state index contributed by atoms with van der Waals surface area (Å²) >= 11 is 2.05. The number of benzene rings is 1. The fourth-order valence-corrected chi connectivity index (χ4v) is 3.92. The summed E-state index contributed by atoms with van der Waals surface area (Å²) in [6, 6.07) is 9.32. The summed E-state index contributed by atoms with van der Waals surface area (Å²) in [5.74, 6) is 0. The zero-order valence-corrected chi connectivity index (χ0v) is 14.1. The predicted octanol–water partition coefficient (Wildman–Crippen LogP) is 4.08. The molecule has 0 aliphatic heterocycles. The minimum atomic E-state index is 0.427. The maximum atomic E-state index is 3.75. The van der Waals surface area contributed by atoms with E-state index in [2.05, 4.69) is 73.5 Å². The lowest BCUT2D eigenvalue weighted by atomic mass is 10.0. The first-order chi connectivity index (χ1) is 9.56. The fraction of sp³-hybridized carbons (Fsp3) is 0.647. The van der Waals surface area contributed by atoms with Gasteiger partial charge in [-0.1, -0.05) is 25.0 Å². The molecule has 1 aromatic carbocycles. The normalized spacial score (nSPS) is 19.0. The summed E-state index contributed by atoms with van der Waals surface area (Å²) in [7, 11) is 4.16. The summed E-state index contributed by atoms with van der Waals surface area (Å²) in [5, 5.41) is 3.75. The first-order valence-electron chi connectivity index (χ1n) is 7.62. The second kappa shape index (κ2) is 6.86. The Kier molecular flexibility index (Phi) is 5.39. The minimum absolute atomic E-state index is 0.427. The Morgan fingerprint density at radius 3 is 2.30 bits per heavy atom. The van der Waals surface area contributed by atoms with E-state index >= 15 is 0 Å². The minimum Gasteiger partial charge on any atom is -0.378 e. The van der Waals surface area contributed by atoms with E-state index in [1.165, 1.54) is 36.9 Å². The number of rotatable bonds is 6. The Hall–Kier alpha value is -0.670. The largest absolute Gasteiger partial charge is 0.378 e. The van der Waals surface area contributed by atoms with Crippen molar-refractivity contribution in [1.29, 1.82) is 0 Å². The van der Waals surface area contributed by atoms with E-state index in [-0.39, 0.29) is 0 Å². The monoisotopic (exact) mass is 292 g/mol. The van der Waals surface area contributed by atoms with Gasteiger partial charge in [0.25, 0.3) is 0 Å². The van der Waals surface area contributed by atoms with Crippen molar-refractivity contribution in [3.63, 3.8) is 0 Å². The van der Waals surface area contributed by atoms with Crippen LogP contribution in [0, 0.1) is 0 Å². The van der Waals surface area contributed by atoms with Crippen molar-refractivity contribution in [3.8, 4) is 0 Å². The molecule has 0 amide bonds. The lowest BCUT2D eigenvalue weighted by molar-refractivity contribution is 0.486. The van der Waals surface area contributed by atoms with Gasteiger partial charge in [0.1, 0.15) is 0 Å². The maximum absolute atomic E-state index is 3.75. The highest BCUT2D eigenvalue weighted by Crippen LogP contribution is 2.40. The highest BCUT2D eigenvalue weighted by atomic mass is 32.2. The standard InChI is InChI=1S/C17H28N2S/c1-14(15-7-9-16(10-8-15)19(2)3)18-13-17(20-4)11-5-6-12-17/h7-10,14,18H,5-6,11-13H2,1-4H3. The van der Waals surface area contributed by atoms with Crippen LogP contribution in [-0.2, 0) is 0 Å². The number of hydrogen-bond acceptors (Lipinski definition) is 3. The summed E-state index contributed by atoms with van der Waals surface area (Å²) in [5.41, 5.74) is 2.64. The van der Waals surface area contributed by atoms with Crippen LogP contribution in [0.2, 0.25) is 0 Å². The second-order valence-corrected chi connectivity index (χ2v) is 7.46. The van der Waals surface area contributed by atoms with Gasteiger partial charge in [-0.15, -0.1) is 0 Å². The summed E-state index contributed by atoms with van der Waals surface area (Å²) < 4.78 is 0.484. The van der Waals surface area contributed by atoms with Gasteiger partial charge in [-0.25, -0.2) is 0 Å². The van der Waals surface area contributed by atoms with Gasteiger partial charge in [0.05, 0.1) is 0 Å². The van der Waals surface area contributed by atoms with Crippen LogP contribution in [-0.4, -0.2) is 31.6 Å². The van der Waals surface area contributed by atoms with Gasteiger partial charge in [-0.05, 0) is 43.7 Å². The van der Waals surface area contributed by atoms with Gasteiger partial charge in [-0.2, -0.15) is 11.8 Å². The smallest absolute Gasteiger partial charge is 0.0361 e. The first kappa shape index (κ1) is 15.7. The Morgan fingerprint density at radius 1 is 1.20 bits per heavy atom. The molecule has 1 aliphatic carbocycles. The zero-order valence-electron chi connectivity index (χ0n) is 13.3. The van der Waals surface area contributed by atoms with Crippen molar-refractivity contribution >= 4 is 17.4 Å². The molecule has 1 unspecified atom stereocenters. The summed E-state index contributed by atoms with van der Waals surface area (Å²) in [6.45, 7) is 3.40. The van der Waals surface area contributed by atoms with Crippen LogP contribution in [0.5, 0.6) is 0 Å². The molecule has 2 rings (SSSR count). The van der Waals surface area contributed by atoms with Gasteiger partial charge in [0.2, 0.25) is 0 Å². The van der Waals surface area contributed by atoms with Gasteiger partial charge in [0, 0.05) is 37.1 Å². The highest BCUT2D eigenvalue weighted by Gasteiger charge is 2.32. The lowest BCUT2D eigenvalue weighted by Crippen LogP contribution is -2.36. The molecule has 1 saturated carbocycles. The molecule has 3 heteroatoms. The number of nitrogens with zero attached hydrogens (tertiary/aromatic N) is 1. The van der Waals surface area contributed by atoms with Crippen molar-refractivity contribution in [1.82, 2.24) is 5.32 Å². The second-order valence-electron chi connectivity index (χ2n) is 6.18. The molecule has 1 aromatic rings. The van der Waals surface area contributed by atoms with Crippen molar-refractivity contribution in [2.75, 3.05) is 31.8 Å². The fourth-order valence-electron chi connectivity index (χ4n) is 2.99. The van der Waals surface area contributed by atoms with Crippen LogP contribution < -0.4 is 10.2 Å². The molecule has 0 heterocycles. The molecule has 1 aliphatic rings. The van der Waals surface area contributed by atoms with E-state index in [9.17, 15) is 0 Å². The molecular formula is C17H28N2S. The molecule has 0 bridgehead atoms. The number of anilines is 1. The van der Waals surface area contributed by atoms with E-state index in [0.717, 1.165) is 6.54 Å². The Labute approximate surface area is 128 Å². The summed E-state index contributed by atoms with van der Waals surface area (Å²) in [6.07, 6.45) is 7.80. The molecule has 112 valence electrons. The van der Waals surface area contributed by atoms with Crippen LogP contribution in [0.4, 0.5) is 5.69 Å². The van der Waals surface area contributed by atoms with E-state index in [1.807, 2.05) is 0 Å². The molecule has 1 N–H and O–H groups in total. The Balaban J connectivity index is 1.92. The summed E-state index contributed by atoms with van der Waals surface area (Å²) in [4.78, 5) is 2.14. The van der Waals surface area contributed by atoms with Crippen LogP contribution in [0.15, 0.2) is 24.3 Å². The van der Waals surface area contributed by atoms with Crippen LogP contribution in [0.25, 0.3) is 0 Å². The average molecular weight is 292 g/mol. The topological polar surface area (TPSA) is 15.3 Å². The molecule has 1 fully saturated rings. The Bertz CT molecular complexity index is 408. The van der Waals surface area contributed by atoms with E-state index in [0.29, 0.717) is 10.8 Å². The third-order valence-corrected chi connectivity index (χ3v) is 6.01. The molecular weight excluding hydrogens is 264 g/mol. The lowest BCUT2D eigenvalue weighted by Gasteiger charge is -2.29. The van der Waals surface area contributed by atoms with E-state index in [4.69, 9.17) is 0 Å². The average Bonchev–Trinajstić information content (AvgIpc) is 2.94. The highest BCUT2D eigenvalue weighted by molar-refractivity contribution is 8.00. The maximum Gasteiger partial charge on any atom is 0.0361 e. The van der Waals surface area contributed by atoms with E-state index in [1.54, 1.807) is 0 Å². The molecule has 0 spiro atoms. The molecule has 2 nitrogen and oxygen atoms in total. The number of thioether (sulfide) groups is 1. The van der Waals surface area contributed by atoms with Gasteiger partial charge < -0.3 is 10.2 Å². The zero-order chi connectivity index (χ0) is 14.6. The van der Waals surface area contributed by atoms with Crippen LogP contribution >= 0.6 is 11.8 Å². The van der Waals surface area contributed by atoms with Gasteiger partial charge in [-0.3, -0.25) is 0 Å². The molecule has 20 heavy (non-hydrogen) atoms. The molecule has 1 atom stereocenters. The molecule has 0 saturated heterocycles. The molecule has 0 radical (unpaired) electrons. The van der Waals surface area contributed by atoms with Crippen molar-refractivity contribution in [3.05, 3.63) is 29.8 Å². The predicted molar refractivity (Wildman–Crippen MR) is 91.9 cm³/mol.